The Morgan fingerprint density at radius 1 is 1.00 bits per heavy atom. The van der Waals surface area contributed by atoms with E-state index in [9.17, 15) is 17.6 Å². The lowest BCUT2D eigenvalue weighted by Crippen LogP contribution is -2.35. The van der Waals surface area contributed by atoms with Gasteiger partial charge in [0.05, 0.1) is 11.4 Å². The second kappa shape index (κ2) is 10.5. The van der Waals surface area contributed by atoms with Crippen molar-refractivity contribution in [3.05, 3.63) is 59.9 Å². The lowest BCUT2D eigenvalue weighted by atomic mass is 10.1. The molecule has 2 aromatic rings. The number of benzene rings is 2. The molecule has 0 atom stereocenters. The molecule has 6 nitrogen and oxygen atoms in total. The van der Waals surface area contributed by atoms with E-state index < -0.39 is 10.0 Å². The molecule has 0 unspecified atom stereocenters. The van der Waals surface area contributed by atoms with E-state index in [1.807, 2.05) is 0 Å². The summed E-state index contributed by atoms with van der Waals surface area (Å²) in [4.78, 5) is 12.2. The number of carbonyl (C=O) groups is 1. The summed E-state index contributed by atoms with van der Waals surface area (Å²) >= 11 is 0. The number of nitrogens with one attached hydrogen (secondary N) is 1. The third-order valence-corrected chi connectivity index (χ3v) is 6.94. The van der Waals surface area contributed by atoms with Crippen LogP contribution in [0, 0.1) is 5.82 Å². The Hall–Kier alpha value is -2.45. The number of ether oxygens (including phenoxy) is 1. The van der Waals surface area contributed by atoms with Crippen LogP contribution in [0.3, 0.4) is 0 Å². The van der Waals surface area contributed by atoms with Crippen molar-refractivity contribution in [2.24, 2.45) is 0 Å². The Morgan fingerprint density at radius 3 is 2.33 bits per heavy atom. The van der Waals surface area contributed by atoms with E-state index in [0.29, 0.717) is 38.2 Å². The van der Waals surface area contributed by atoms with Crippen LogP contribution in [0.4, 0.5) is 4.39 Å². The molecular formula is C22H27FN2O4S. The molecule has 0 radical (unpaired) electrons. The Balaban J connectivity index is 1.38. The normalized spacial score (nSPS) is 15.0. The molecule has 1 aliphatic heterocycles. The van der Waals surface area contributed by atoms with Crippen molar-refractivity contribution < 1.29 is 22.3 Å². The number of aryl methyl sites for hydroxylation is 1. The van der Waals surface area contributed by atoms with Gasteiger partial charge in [-0.3, -0.25) is 4.79 Å². The number of amides is 1. The minimum Gasteiger partial charge on any atom is -0.492 e. The Kier molecular flexibility index (Phi) is 7.81. The van der Waals surface area contributed by atoms with Crippen LogP contribution in [0.1, 0.15) is 31.2 Å². The average molecular weight is 435 g/mol. The van der Waals surface area contributed by atoms with E-state index >= 15 is 0 Å². The second-order valence-corrected chi connectivity index (χ2v) is 9.20. The third kappa shape index (κ3) is 6.27. The van der Waals surface area contributed by atoms with E-state index in [-0.39, 0.29) is 23.2 Å². The van der Waals surface area contributed by atoms with Crippen molar-refractivity contribution in [2.45, 2.75) is 37.0 Å². The fraction of sp³-hybridized carbons (Fsp3) is 0.409. The van der Waals surface area contributed by atoms with Crippen molar-refractivity contribution in [1.29, 1.82) is 0 Å². The van der Waals surface area contributed by atoms with Gasteiger partial charge >= 0.3 is 0 Å². The molecule has 30 heavy (non-hydrogen) atoms. The number of nitrogens with zero attached hydrogens (tertiary/aromatic N) is 1. The molecule has 1 aliphatic rings. The summed E-state index contributed by atoms with van der Waals surface area (Å²) in [6, 6.07) is 12.5. The molecule has 1 saturated heterocycles. The predicted molar refractivity (Wildman–Crippen MR) is 112 cm³/mol. The van der Waals surface area contributed by atoms with Gasteiger partial charge < -0.3 is 10.1 Å². The van der Waals surface area contributed by atoms with Crippen LogP contribution in [0.25, 0.3) is 0 Å². The summed E-state index contributed by atoms with van der Waals surface area (Å²) in [5.41, 5.74) is 0.905. The number of carbonyl (C=O) groups excluding carboxylic acids is 1. The predicted octanol–water partition coefficient (Wildman–Crippen LogP) is 3.13. The van der Waals surface area contributed by atoms with Crippen molar-refractivity contribution in [3.63, 3.8) is 0 Å². The number of hydrogen-bond acceptors (Lipinski definition) is 4. The molecule has 1 heterocycles. The van der Waals surface area contributed by atoms with Crippen LogP contribution in [0.5, 0.6) is 5.75 Å². The molecule has 1 amide bonds. The van der Waals surface area contributed by atoms with Crippen LogP contribution in [-0.4, -0.2) is 44.9 Å². The average Bonchev–Trinajstić information content (AvgIpc) is 2.77. The second-order valence-electron chi connectivity index (χ2n) is 7.26. The van der Waals surface area contributed by atoms with Crippen molar-refractivity contribution in [1.82, 2.24) is 9.62 Å². The topological polar surface area (TPSA) is 75.7 Å². The first kappa shape index (κ1) is 22.2. The van der Waals surface area contributed by atoms with E-state index in [0.717, 1.165) is 24.8 Å². The summed E-state index contributed by atoms with van der Waals surface area (Å²) in [6.07, 6.45) is 3.72. The molecule has 0 bridgehead atoms. The van der Waals surface area contributed by atoms with Crippen LogP contribution in [-0.2, 0) is 21.2 Å². The maximum atomic E-state index is 12.9. The Labute approximate surface area is 177 Å². The maximum absolute atomic E-state index is 12.9. The van der Waals surface area contributed by atoms with Crippen LogP contribution >= 0.6 is 0 Å². The highest BCUT2D eigenvalue weighted by Crippen LogP contribution is 2.22. The van der Waals surface area contributed by atoms with Gasteiger partial charge in [0.15, 0.2) is 0 Å². The number of hydrogen-bond donors (Lipinski definition) is 1. The molecule has 0 spiro atoms. The minimum atomic E-state index is -3.45. The van der Waals surface area contributed by atoms with Gasteiger partial charge in [0.2, 0.25) is 15.9 Å². The summed E-state index contributed by atoms with van der Waals surface area (Å²) in [7, 11) is -3.45. The standard InChI is InChI=1S/C22H27FN2O4S/c23-19-7-4-18(5-8-19)6-13-22(26)24-14-17-29-20-9-11-21(12-10-20)30(27,28)25-15-2-1-3-16-25/h4-5,7-12H,1-3,6,13-17H2,(H,24,26). The largest absolute Gasteiger partial charge is 0.492 e. The molecular weight excluding hydrogens is 407 g/mol. The van der Waals surface area contributed by atoms with Gasteiger partial charge in [0.25, 0.3) is 0 Å². The van der Waals surface area contributed by atoms with E-state index in [4.69, 9.17) is 4.74 Å². The highest BCUT2D eigenvalue weighted by atomic mass is 32.2. The van der Waals surface area contributed by atoms with Crippen LogP contribution in [0.2, 0.25) is 0 Å². The summed E-state index contributed by atoms with van der Waals surface area (Å²) < 4.78 is 45.3. The zero-order valence-electron chi connectivity index (χ0n) is 16.8. The molecule has 0 aromatic heterocycles. The summed E-state index contributed by atoms with van der Waals surface area (Å²) in [5, 5.41) is 2.77. The molecule has 2 aromatic carbocycles. The SMILES string of the molecule is O=C(CCc1ccc(F)cc1)NCCOc1ccc(S(=O)(=O)N2CCCCC2)cc1. The monoisotopic (exact) mass is 434 g/mol. The molecule has 1 fully saturated rings. The quantitative estimate of drug-likeness (QED) is 0.616. The lowest BCUT2D eigenvalue weighted by molar-refractivity contribution is -0.121. The number of sulfonamides is 1. The summed E-state index contributed by atoms with van der Waals surface area (Å²) in [5.74, 6) is 0.150. The first-order valence-corrected chi connectivity index (χ1v) is 11.6. The van der Waals surface area contributed by atoms with Gasteiger partial charge in [0.1, 0.15) is 18.2 Å². The molecule has 0 aliphatic carbocycles. The molecule has 8 heteroatoms. The van der Waals surface area contributed by atoms with Gasteiger partial charge in [-0.15, -0.1) is 0 Å². The summed E-state index contributed by atoms with van der Waals surface area (Å²) in [6.45, 7) is 1.76. The van der Waals surface area contributed by atoms with E-state index in [2.05, 4.69) is 5.32 Å². The number of piperidine rings is 1. The van der Waals surface area contributed by atoms with Gasteiger partial charge in [-0.25, -0.2) is 12.8 Å². The Morgan fingerprint density at radius 2 is 1.67 bits per heavy atom. The van der Waals surface area contributed by atoms with Gasteiger partial charge in [-0.2, -0.15) is 4.31 Å². The zero-order chi connectivity index (χ0) is 21.4. The highest BCUT2D eigenvalue weighted by Gasteiger charge is 2.25. The molecule has 162 valence electrons. The fourth-order valence-electron chi connectivity index (χ4n) is 3.32. The highest BCUT2D eigenvalue weighted by molar-refractivity contribution is 7.89. The van der Waals surface area contributed by atoms with Crippen LogP contribution < -0.4 is 10.1 Å². The smallest absolute Gasteiger partial charge is 0.243 e. The van der Waals surface area contributed by atoms with Crippen molar-refractivity contribution in [3.8, 4) is 5.75 Å². The first-order valence-electron chi connectivity index (χ1n) is 10.2. The van der Waals surface area contributed by atoms with Crippen molar-refractivity contribution >= 4 is 15.9 Å². The Bertz CT molecular complexity index is 925. The van der Waals surface area contributed by atoms with Crippen molar-refractivity contribution in [2.75, 3.05) is 26.2 Å². The zero-order valence-corrected chi connectivity index (χ0v) is 17.7. The van der Waals surface area contributed by atoms with Gasteiger partial charge in [-0.05, 0) is 61.2 Å². The fourth-order valence-corrected chi connectivity index (χ4v) is 4.84. The van der Waals surface area contributed by atoms with Gasteiger partial charge in [-0.1, -0.05) is 18.6 Å². The maximum Gasteiger partial charge on any atom is 0.243 e. The first-order chi connectivity index (χ1) is 14.4. The van der Waals surface area contributed by atoms with Crippen LogP contribution in [0.15, 0.2) is 53.4 Å². The lowest BCUT2D eigenvalue weighted by Gasteiger charge is -2.25. The third-order valence-electron chi connectivity index (χ3n) is 5.02. The molecule has 0 saturated carbocycles. The molecule has 1 N–H and O–H groups in total. The number of halogens is 1. The van der Waals surface area contributed by atoms with E-state index in [1.54, 1.807) is 36.4 Å². The van der Waals surface area contributed by atoms with Gasteiger partial charge in [0, 0.05) is 19.5 Å². The number of rotatable bonds is 9. The van der Waals surface area contributed by atoms with E-state index in [1.165, 1.54) is 16.4 Å². The molecule has 3 rings (SSSR count). The minimum absolute atomic E-state index is 0.106.